The quantitative estimate of drug-likeness (QED) is 0.704. The second kappa shape index (κ2) is 5.28. The molecule has 0 aliphatic heterocycles. The van der Waals surface area contributed by atoms with E-state index in [1.54, 1.807) is 6.20 Å². The molecule has 1 unspecified atom stereocenters. The minimum atomic E-state index is -0.0242. The zero-order valence-corrected chi connectivity index (χ0v) is 7.70. The Hall–Kier alpha value is -1.40. The first-order chi connectivity index (χ1) is 6.34. The van der Waals surface area contributed by atoms with Crippen molar-refractivity contribution >= 4 is 0 Å². The van der Waals surface area contributed by atoms with Gasteiger partial charge in [-0.15, -0.1) is 11.8 Å². The van der Waals surface area contributed by atoms with Crippen LogP contribution in [0, 0.1) is 11.8 Å². The van der Waals surface area contributed by atoms with Gasteiger partial charge in [-0.3, -0.25) is 0 Å². The summed E-state index contributed by atoms with van der Waals surface area (Å²) in [6, 6.07) is 1.81. The zero-order chi connectivity index (χ0) is 9.52. The van der Waals surface area contributed by atoms with Crippen LogP contribution in [-0.4, -0.2) is 9.97 Å². The van der Waals surface area contributed by atoms with Crippen molar-refractivity contribution in [3.63, 3.8) is 0 Å². The number of nitrogens with zero attached hydrogens (tertiary/aromatic N) is 2. The minimum Gasteiger partial charge on any atom is -0.323 e. The standard InChI is InChI=1S/C10H13N3/c1-2-3-4-5-9(11)10-6-7-12-8-13-10/h6-9H,4-5,11H2,1H3. The average molecular weight is 175 g/mol. The summed E-state index contributed by atoms with van der Waals surface area (Å²) in [6.07, 6.45) is 4.88. The van der Waals surface area contributed by atoms with Gasteiger partial charge < -0.3 is 5.73 Å². The van der Waals surface area contributed by atoms with Gasteiger partial charge in [-0.1, -0.05) is 0 Å². The highest BCUT2D eigenvalue weighted by atomic mass is 14.8. The molecule has 1 atom stereocenters. The molecule has 0 fully saturated rings. The van der Waals surface area contributed by atoms with Crippen molar-refractivity contribution < 1.29 is 0 Å². The smallest absolute Gasteiger partial charge is 0.115 e. The third-order valence-electron chi connectivity index (χ3n) is 1.74. The number of nitrogens with two attached hydrogens (primary N) is 1. The first-order valence-electron chi connectivity index (χ1n) is 4.25. The van der Waals surface area contributed by atoms with Crippen LogP contribution in [0.25, 0.3) is 0 Å². The van der Waals surface area contributed by atoms with Crippen molar-refractivity contribution in [2.24, 2.45) is 5.73 Å². The Balaban J connectivity index is 2.47. The predicted octanol–water partition coefficient (Wildman–Crippen LogP) is 1.28. The van der Waals surface area contributed by atoms with E-state index in [0.29, 0.717) is 0 Å². The molecule has 0 aliphatic carbocycles. The monoisotopic (exact) mass is 175 g/mol. The fraction of sp³-hybridized carbons (Fsp3) is 0.400. The summed E-state index contributed by atoms with van der Waals surface area (Å²) in [5.41, 5.74) is 6.76. The second-order valence-corrected chi connectivity index (χ2v) is 2.71. The molecule has 68 valence electrons. The number of hydrogen-bond acceptors (Lipinski definition) is 3. The number of rotatable bonds is 3. The zero-order valence-electron chi connectivity index (χ0n) is 7.70. The molecule has 3 heteroatoms. The van der Waals surface area contributed by atoms with Crippen molar-refractivity contribution in [3.05, 3.63) is 24.3 Å². The van der Waals surface area contributed by atoms with Crippen LogP contribution >= 0.6 is 0 Å². The van der Waals surface area contributed by atoms with E-state index >= 15 is 0 Å². The first-order valence-corrected chi connectivity index (χ1v) is 4.25. The van der Waals surface area contributed by atoms with Crippen LogP contribution in [-0.2, 0) is 0 Å². The van der Waals surface area contributed by atoms with Crippen LogP contribution in [0.2, 0.25) is 0 Å². The molecule has 1 aromatic heterocycles. The Morgan fingerprint density at radius 3 is 3.08 bits per heavy atom. The van der Waals surface area contributed by atoms with Crippen molar-refractivity contribution in [1.29, 1.82) is 0 Å². The molecular weight excluding hydrogens is 162 g/mol. The molecule has 0 aliphatic rings. The molecule has 13 heavy (non-hydrogen) atoms. The lowest BCUT2D eigenvalue weighted by molar-refractivity contribution is 0.645. The van der Waals surface area contributed by atoms with Gasteiger partial charge in [0.2, 0.25) is 0 Å². The molecule has 0 saturated carbocycles. The molecule has 0 radical (unpaired) electrons. The van der Waals surface area contributed by atoms with Crippen LogP contribution < -0.4 is 5.73 Å². The second-order valence-electron chi connectivity index (χ2n) is 2.71. The van der Waals surface area contributed by atoms with Gasteiger partial charge in [0, 0.05) is 18.7 Å². The minimum absolute atomic E-state index is 0.0242. The van der Waals surface area contributed by atoms with Gasteiger partial charge in [-0.05, 0) is 19.4 Å². The molecule has 0 spiro atoms. The van der Waals surface area contributed by atoms with Gasteiger partial charge in [0.15, 0.2) is 0 Å². The van der Waals surface area contributed by atoms with Crippen molar-refractivity contribution in [2.45, 2.75) is 25.8 Å². The lowest BCUT2D eigenvalue weighted by atomic mass is 10.1. The van der Waals surface area contributed by atoms with Crippen LogP contribution in [0.4, 0.5) is 0 Å². The van der Waals surface area contributed by atoms with E-state index in [1.165, 1.54) is 6.33 Å². The molecule has 1 aromatic rings. The molecule has 0 saturated heterocycles. The van der Waals surface area contributed by atoms with Crippen LogP contribution in [0.1, 0.15) is 31.5 Å². The summed E-state index contributed by atoms with van der Waals surface area (Å²) in [4.78, 5) is 7.90. The lowest BCUT2D eigenvalue weighted by Crippen LogP contribution is -2.11. The highest BCUT2D eigenvalue weighted by molar-refractivity contribution is 5.05. The van der Waals surface area contributed by atoms with Gasteiger partial charge in [0.25, 0.3) is 0 Å². The largest absolute Gasteiger partial charge is 0.323 e. The van der Waals surface area contributed by atoms with E-state index < -0.39 is 0 Å². The summed E-state index contributed by atoms with van der Waals surface area (Å²) in [6.45, 7) is 1.83. The van der Waals surface area contributed by atoms with Gasteiger partial charge in [-0.25, -0.2) is 9.97 Å². The van der Waals surface area contributed by atoms with Crippen molar-refractivity contribution in [2.75, 3.05) is 0 Å². The maximum Gasteiger partial charge on any atom is 0.115 e. The fourth-order valence-corrected chi connectivity index (χ4v) is 1.02. The molecule has 0 aromatic carbocycles. The van der Waals surface area contributed by atoms with Gasteiger partial charge in [0.1, 0.15) is 6.33 Å². The van der Waals surface area contributed by atoms with E-state index in [2.05, 4.69) is 21.8 Å². The Morgan fingerprint density at radius 2 is 2.46 bits per heavy atom. The summed E-state index contributed by atoms with van der Waals surface area (Å²) >= 11 is 0. The SMILES string of the molecule is CC#CCCC(N)c1ccncn1. The van der Waals surface area contributed by atoms with Crippen molar-refractivity contribution in [3.8, 4) is 11.8 Å². The summed E-state index contributed by atoms with van der Waals surface area (Å²) in [7, 11) is 0. The Bertz CT molecular complexity index is 297. The maximum atomic E-state index is 5.88. The maximum absolute atomic E-state index is 5.88. The van der Waals surface area contributed by atoms with Crippen LogP contribution in [0.5, 0.6) is 0 Å². The van der Waals surface area contributed by atoms with Crippen LogP contribution in [0.15, 0.2) is 18.6 Å². The van der Waals surface area contributed by atoms with E-state index in [1.807, 2.05) is 13.0 Å². The van der Waals surface area contributed by atoms with E-state index in [9.17, 15) is 0 Å². The normalized spacial score (nSPS) is 11.5. The lowest BCUT2D eigenvalue weighted by Gasteiger charge is -2.07. The fourth-order valence-electron chi connectivity index (χ4n) is 1.02. The van der Waals surface area contributed by atoms with Gasteiger partial charge in [-0.2, -0.15) is 0 Å². The van der Waals surface area contributed by atoms with Gasteiger partial charge in [0.05, 0.1) is 5.69 Å². The number of aromatic nitrogens is 2. The topological polar surface area (TPSA) is 51.8 Å². The highest BCUT2D eigenvalue weighted by Gasteiger charge is 2.04. The summed E-state index contributed by atoms with van der Waals surface area (Å²) in [5, 5.41) is 0. The number of hydrogen-bond donors (Lipinski definition) is 1. The summed E-state index contributed by atoms with van der Waals surface area (Å²) < 4.78 is 0. The van der Waals surface area contributed by atoms with Gasteiger partial charge >= 0.3 is 0 Å². The Labute approximate surface area is 78.4 Å². The molecular formula is C10H13N3. The molecule has 1 heterocycles. The summed E-state index contributed by atoms with van der Waals surface area (Å²) in [5.74, 6) is 5.81. The molecule has 0 amide bonds. The van der Waals surface area contributed by atoms with Crippen molar-refractivity contribution in [1.82, 2.24) is 9.97 Å². The predicted molar refractivity (Wildman–Crippen MR) is 51.6 cm³/mol. The molecule has 3 nitrogen and oxygen atoms in total. The van der Waals surface area contributed by atoms with E-state index in [0.717, 1.165) is 18.5 Å². The molecule has 2 N–H and O–H groups in total. The average Bonchev–Trinajstić information content (AvgIpc) is 2.19. The first kappa shape index (κ1) is 9.69. The highest BCUT2D eigenvalue weighted by Crippen LogP contribution is 2.10. The molecule has 0 bridgehead atoms. The van der Waals surface area contributed by atoms with Crippen LogP contribution in [0.3, 0.4) is 0 Å². The third kappa shape index (κ3) is 3.22. The Kier molecular flexibility index (Phi) is 3.94. The third-order valence-corrected chi connectivity index (χ3v) is 1.74. The van der Waals surface area contributed by atoms with E-state index in [-0.39, 0.29) is 6.04 Å². The molecule has 1 rings (SSSR count). The Morgan fingerprint density at radius 1 is 1.62 bits per heavy atom. The van der Waals surface area contributed by atoms with E-state index in [4.69, 9.17) is 5.73 Å².